The molecule has 0 N–H and O–H groups in total. The lowest BCUT2D eigenvalue weighted by atomic mass is 10.2. The molecule has 0 saturated carbocycles. The molecule has 18 heavy (non-hydrogen) atoms. The van der Waals surface area contributed by atoms with Gasteiger partial charge in [-0.25, -0.2) is 9.18 Å². The largest absolute Gasteiger partial charge is 0.479 e. The molecule has 0 saturated heterocycles. The summed E-state index contributed by atoms with van der Waals surface area (Å²) < 4.78 is 23.2. The van der Waals surface area contributed by atoms with Crippen LogP contribution in [-0.2, 0) is 9.53 Å². The van der Waals surface area contributed by atoms with Gasteiger partial charge in [0, 0.05) is 0 Å². The molecule has 96 valence electrons. The minimum absolute atomic E-state index is 0.0681. The van der Waals surface area contributed by atoms with Crippen molar-refractivity contribution >= 4 is 5.97 Å². The number of hydrogen-bond donors (Lipinski definition) is 0. The van der Waals surface area contributed by atoms with E-state index in [1.165, 1.54) is 12.1 Å². The Bertz CT molecular complexity index is 454. The average molecular weight is 251 g/mol. The first-order valence-electron chi connectivity index (χ1n) is 5.65. The van der Waals surface area contributed by atoms with E-state index in [1.54, 1.807) is 0 Å². The molecule has 1 rings (SSSR count). The van der Waals surface area contributed by atoms with E-state index in [1.807, 2.05) is 13.0 Å². The molecule has 0 bridgehead atoms. The van der Waals surface area contributed by atoms with Crippen LogP contribution in [0.2, 0.25) is 0 Å². The van der Waals surface area contributed by atoms with Crippen molar-refractivity contribution in [3.8, 4) is 11.8 Å². The maximum absolute atomic E-state index is 13.4. The molecular formula is C13H14FNO3. The molecule has 0 unspecified atom stereocenters. The van der Waals surface area contributed by atoms with Gasteiger partial charge in [-0.3, -0.25) is 0 Å². The molecule has 0 radical (unpaired) electrons. The highest BCUT2D eigenvalue weighted by atomic mass is 19.1. The van der Waals surface area contributed by atoms with Gasteiger partial charge in [-0.2, -0.15) is 5.26 Å². The third-order valence-electron chi connectivity index (χ3n) is 2.17. The molecule has 0 amide bonds. The molecule has 1 aromatic rings. The van der Waals surface area contributed by atoms with Gasteiger partial charge in [0.25, 0.3) is 0 Å². The maximum atomic E-state index is 13.4. The number of hydrogen-bond acceptors (Lipinski definition) is 4. The number of carbonyl (C=O) groups excluding carboxylic acids is 1. The van der Waals surface area contributed by atoms with Crippen LogP contribution in [-0.4, -0.2) is 19.2 Å². The molecule has 0 aliphatic carbocycles. The van der Waals surface area contributed by atoms with E-state index < -0.39 is 11.8 Å². The van der Waals surface area contributed by atoms with E-state index in [-0.39, 0.29) is 17.9 Å². The summed E-state index contributed by atoms with van der Waals surface area (Å²) in [7, 11) is 0. The smallest absolute Gasteiger partial charge is 0.344 e. The number of benzene rings is 1. The Hall–Kier alpha value is -2.09. The van der Waals surface area contributed by atoms with E-state index in [4.69, 9.17) is 14.7 Å². The second kappa shape index (κ2) is 7.28. The quantitative estimate of drug-likeness (QED) is 0.575. The molecule has 0 spiro atoms. The predicted molar refractivity (Wildman–Crippen MR) is 62.5 cm³/mol. The lowest BCUT2D eigenvalue weighted by molar-refractivity contribution is -0.146. The highest BCUT2D eigenvalue weighted by Gasteiger charge is 2.08. The topological polar surface area (TPSA) is 59.3 Å². The summed E-state index contributed by atoms with van der Waals surface area (Å²) in [5, 5.41) is 8.56. The van der Waals surface area contributed by atoms with Crippen molar-refractivity contribution in [1.29, 1.82) is 5.26 Å². The van der Waals surface area contributed by atoms with Crippen LogP contribution in [0.5, 0.6) is 5.75 Å². The minimum atomic E-state index is -0.671. The summed E-state index contributed by atoms with van der Waals surface area (Å²) in [6.07, 6.45) is 1.72. The van der Waals surface area contributed by atoms with Crippen LogP contribution in [0, 0.1) is 17.1 Å². The van der Waals surface area contributed by atoms with Crippen molar-refractivity contribution in [3.05, 3.63) is 29.6 Å². The fraction of sp³-hybridized carbons (Fsp3) is 0.385. The van der Waals surface area contributed by atoms with Crippen molar-refractivity contribution in [3.63, 3.8) is 0 Å². The van der Waals surface area contributed by atoms with Crippen molar-refractivity contribution in [2.45, 2.75) is 19.8 Å². The van der Waals surface area contributed by atoms with E-state index in [0.717, 1.165) is 18.9 Å². The van der Waals surface area contributed by atoms with Gasteiger partial charge in [-0.1, -0.05) is 13.3 Å². The summed E-state index contributed by atoms with van der Waals surface area (Å²) >= 11 is 0. The molecule has 1 aromatic carbocycles. The van der Waals surface area contributed by atoms with Crippen LogP contribution in [0.1, 0.15) is 25.3 Å². The van der Waals surface area contributed by atoms with Gasteiger partial charge in [0.15, 0.2) is 18.2 Å². The molecule has 0 fully saturated rings. The molecule has 0 heterocycles. The minimum Gasteiger partial charge on any atom is -0.479 e. The van der Waals surface area contributed by atoms with Crippen molar-refractivity contribution < 1.29 is 18.7 Å². The number of unbranched alkanes of at least 4 members (excludes halogenated alkanes) is 1. The third-order valence-corrected chi connectivity index (χ3v) is 2.17. The van der Waals surface area contributed by atoms with Gasteiger partial charge < -0.3 is 9.47 Å². The van der Waals surface area contributed by atoms with Crippen LogP contribution >= 0.6 is 0 Å². The van der Waals surface area contributed by atoms with Crippen molar-refractivity contribution in [1.82, 2.24) is 0 Å². The lowest BCUT2D eigenvalue weighted by Gasteiger charge is -2.07. The zero-order valence-corrected chi connectivity index (χ0v) is 10.1. The van der Waals surface area contributed by atoms with Gasteiger partial charge in [0.1, 0.15) is 0 Å². The Labute approximate surface area is 105 Å². The Morgan fingerprint density at radius 1 is 1.50 bits per heavy atom. The fourth-order valence-corrected chi connectivity index (χ4v) is 1.20. The molecule has 4 nitrogen and oxygen atoms in total. The van der Waals surface area contributed by atoms with Gasteiger partial charge in [0.05, 0.1) is 18.2 Å². The lowest BCUT2D eigenvalue weighted by Crippen LogP contribution is -2.15. The number of carbonyl (C=O) groups is 1. The maximum Gasteiger partial charge on any atom is 0.344 e. The van der Waals surface area contributed by atoms with Gasteiger partial charge in [0.2, 0.25) is 0 Å². The van der Waals surface area contributed by atoms with Crippen molar-refractivity contribution in [2.75, 3.05) is 13.2 Å². The molecule has 0 atom stereocenters. The Balaban J connectivity index is 2.44. The Morgan fingerprint density at radius 2 is 2.28 bits per heavy atom. The first kappa shape index (κ1) is 14.0. The standard InChI is InChI=1S/C13H14FNO3/c1-2-3-6-17-13(16)9-18-12-5-4-10(8-15)7-11(12)14/h4-5,7H,2-3,6,9H2,1H3. The highest BCUT2D eigenvalue weighted by molar-refractivity contribution is 5.71. The van der Waals surface area contributed by atoms with Gasteiger partial charge >= 0.3 is 5.97 Å². The Morgan fingerprint density at radius 3 is 2.89 bits per heavy atom. The predicted octanol–water partition coefficient (Wildman–Crippen LogP) is 2.42. The summed E-state index contributed by atoms with van der Waals surface area (Å²) in [6.45, 7) is 1.98. The first-order chi connectivity index (χ1) is 8.67. The molecular weight excluding hydrogens is 237 g/mol. The number of nitriles is 1. The molecule has 5 heteroatoms. The second-order valence-electron chi connectivity index (χ2n) is 3.62. The van der Waals surface area contributed by atoms with Crippen LogP contribution in [0.25, 0.3) is 0 Å². The normalized spacial score (nSPS) is 9.61. The van der Waals surface area contributed by atoms with Crippen LogP contribution < -0.4 is 4.74 Å². The van der Waals surface area contributed by atoms with Crippen LogP contribution in [0.15, 0.2) is 18.2 Å². The second-order valence-corrected chi connectivity index (χ2v) is 3.62. The summed E-state index contributed by atoms with van der Waals surface area (Å²) in [6, 6.07) is 5.59. The van der Waals surface area contributed by atoms with Gasteiger partial charge in [-0.15, -0.1) is 0 Å². The summed E-state index contributed by atoms with van der Waals surface area (Å²) in [4.78, 5) is 11.2. The molecule has 0 aliphatic rings. The van der Waals surface area contributed by atoms with E-state index in [2.05, 4.69) is 0 Å². The fourth-order valence-electron chi connectivity index (χ4n) is 1.20. The summed E-state index contributed by atoms with van der Waals surface area (Å²) in [5.41, 5.74) is 0.199. The number of halogens is 1. The third kappa shape index (κ3) is 4.42. The average Bonchev–Trinajstić information content (AvgIpc) is 2.37. The number of nitrogens with zero attached hydrogens (tertiary/aromatic N) is 1. The zero-order valence-electron chi connectivity index (χ0n) is 10.1. The SMILES string of the molecule is CCCCOC(=O)COc1ccc(C#N)cc1F. The van der Waals surface area contributed by atoms with Crippen molar-refractivity contribution in [2.24, 2.45) is 0 Å². The van der Waals surface area contributed by atoms with Crippen LogP contribution in [0.4, 0.5) is 4.39 Å². The van der Waals surface area contributed by atoms with E-state index in [9.17, 15) is 9.18 Å². The van der Waals surface area contributed by atoms with E-state index >= 15 is 0 Å². The first-order valence-corrected chi connectivity index (χ1v) is 5.65. The van der Waals surface area contributed by atoms with Gasteiger partial charge in [-0.05, 0) is 24.6 Å². The number of ether oxygens (including phenoxy) is 2. The molecule has 0 aliphatic heterocycles. The number of esters is 1. The highest BCUT2D eigenvalue weighted by Crippen LogP contribution is 2.17. The Kier molecular flexibility index (Phi) is 5.65. The zero-order chi connectivity index (χ0) is 13.4. The monoisotopic (exact) mass is 251 g/mol. The van der Waals surface area contributed by atoms with E-state index in [0.29, 0.717) is 6.61 Å². The summed E-state index contributed by atoms with van der Waals surface area (Å²) in [5.74, 6) is -1.27. The number of rotatable bonds is 6. The molecule has 0 aromatic heterocycles. The van der Waals surface area contributed by atoms with Crippen LogP contribution in [0.3, 0.4) is 0 Å².